The lowest BCUT2D eigenvalue weighted by atomic mass is 10.0. The van der Waals surface area contributed by atoms with Gasteiger partial charge in [-0.3, -0.25) is 5.10 Å². The Balaban J connectivity index is 1.97. The van der Waals surface area contributed by atoms with Crippen molar-refractivity contribution in [3.8, 4) is 11.1 Å². The third-order valence-electron chi connectivity index (χ3n) is 4.42. The van der Waals surface area contributed by atoms with Crippen LogP contribution >= 0.6 is 0 Å². The van der Waals surface area contributed by atoms with E-state index in [4.69, 9.17) is 0 Å². The van der Waals surface area contributed by atoms with Crippen LogP contribution in [-0.4, -0.2) is 27.6 Å². The summed E-state index contributed by atoms with van der Waals surface area (Å²) in [4.78, 5) is 4.74. The second kappa shape index (κ2) is 6.66. The lowest BCUT2D eigenvalue weighted by Gasteiger charge is -2.08. The first kappa shape index (κ1) is 17.5. The first-order valence-electron chi connectivity index (χ1n) is 8.76. The van der Waals surface area contributed by atoms with E-state index in [9.17, 15) is 8.42 Å². The van der Waals surface area contributed by atoms with Gasteiger partial charge in [-0.2, -0.15) is 5.10 Å². The molecule has 3 aromatic heterocycles. The monoisotopic (exact) mass is 380 g/mol. The van der Waals surface area contributed by atoms with E-state index < -0.39 is 10.0 Å². The minimum atomic E-state index is -3.75. The molecule has 1 N–H and O–H groups in total. The Morgan fingerprint density at radius 1 is 1.15 bits per heavy atom. The van der Waals surface area contributed by atoms with Crippen molar-refractivity contribution in [3.05, 3.63) is 66.7 Å². The van der Waals surface area contributed by atoms with E-state index in [-0.39, 0.29) is 4.90 Å². The van der Waals surface area contributed by atoms with Gasteiger partial charge in [0.15, 0.2) is 5.65 Å². The van der Waals surface area contributed by atoms with Crippen LogP contribution in [0.4, 0.5) is 0 Å². The third kappa shape index (κ3) is 3.14. The van der Waals surface area contributed by atoms with Crippen LogP contribution in [0, 0.1) is 5.92 Å². The van der Waals surface area contributed by atoms with Gasteiger partial charge in [0.25, 0.3) is 10.0 Å². The van der Waals surface area contributed by atoms with Crippen molar-refractivity contribution in [2.75, 3.05) is 0 Å². The van der Waals surface area contributed by atoms with E-state index >= 15 is 0 Å². The van der Waals surface area contributed by atoms with Crippen molar-refractivity contribution in [1.29, 1.82) is 0 Å². The van der Waals surface area contributed by atoms with Gasteiger partial charge in [0.2, 0.25) is 0 Å². The Labute approximate surface area is 157 Å². The molecule has 0 radical (unpaired) electrons. The van der Waals surface area contributed by atoms with Crippen LogP contribution in [-0.2, 0) is 16.4 Å². The summed E-state index contributed by atoms with van der Waals surface area (Å²) >= 11 is 0. The fourth-order valence-corrected chi connectivity index (χ4v) is 4.57. The summed E-state index contributed by atoms with van der Waals surface area (Å²) in [5.74, 6) is 0.483. The topological polar surface area (TPSA) is 80.6 Å². The average molecular weight is 380 g/mol. The number of hydrogen-bond acceptors (Lipinski definition) is 4. The van der Waals surface area contributed by atoms with Gasteiger partial charge in [-0.1, -0.05) is 32.0 Å². The first-order chi connectivity index (χ1) is 13.0. The molecule has 0 spiro atoms. The summed E-state index contributed by atoms with van der Waals surface area (Å²) < 4.78 is 27.6. The van der Waals surface area contributed by atoms with Crippen molar-refractivity contribution in [2.24, 2.45) is 5.92 Å². The van der Waals surface area contributed by atoms with Gasteiger partial charge in [0.05, 0.1) is 11.1 Å². The molecule has 0 amide bonds. The first-order valence-corrected chi connectivity index (χ1v) is 10.2. The average Bonchev–Trinajstić information content (AvgIpc) is 3.29. The highest BCUT2D eigenvalue weighted by atomic mass is 32.2. The largest absolute Gasteiger partial charge is 0.285 e. The van der Waals surface area contributed by atoms with E-state index in [1.165, 1.54) is 3.97 Å². The lowest BCUT2D eigenvalue weighted by Crippen LogP contribution is -2.12. The van der Waals surface area contributed by atoms with Gasteiger partial charge in [-0.05, 0) is 36.1 Å². The SMILES string of the molecule is CC(C)Cc1cnc2c(c1)c(-c1cn[nH]c1)cn2S(=O)(=O)c1ccccc1. The molecular weight excluding hydrogens is 360 g/mol. The summed E-state index contributed by atoms with van der Waals surface area (Å²) in [5.41, 5.74) is 3.11. The van der Waals surface area contributed by atoms with E-state index in [2.05, 4.69) is 29.0 Å². The molecule has 3 heterocycles. The number of pyridine rings is 1. The van der Waals surface area contributed by atoms with Crippen LogP contribution in [0.1, 0.15) is 19.4 Å². The van der Waals surface area contributed by atoms with Gasteiger partial charge in [0, 0.05) is 35.1 Å². The van der Waals surface area contributed by atoms with Crippen LogP contribution in [0.2, 0.25) is 0 Å². The molecule has 4 aromatic rings. The molecule has 0 atom stereocenters. The molecule has 0 unspecified atom stereocenters. The molecular formula is C20H20N4O2S. The van der Waals surface area contributed by atoms with E-state index in [1.54, 1.807) is 55.1 Å². The molecule has 27 heavy (non-hydrogen) atoms. The second-order valence-corrected chi connectivity index (χ2v) is 8.77. The smallest absolute Gasteiger partial charge is 0.269 e. The number of aromatic amines is 1. The maximum atomic E-state index is 13.2. The van der Waals surface area contributed by atoms with Crippen molar-refractivity contribution in [3.63, 3.8) is 0 Å². The van der Waals surface area contributed by atoms with Crippen molar-refractivity contribution in [1.82, 2.24) is 19.2 Å². The predicted octanol–water partition coefficient (Wildman–Crippen LogP) is 3.86. The van der Waals surface area contributed by atoms with Crippen molar-refractivity contribution in [2.45, 2.75) is 25.2 Å². The Kier molecular flexibility index (Phi) is 4.31. The summed E-state index contributed by atoms with van der Waals surface area (Å²) in [6.07, 6.45) is 7.71. The van der Waals surface area contributed by atoms with Gasteiger partial charge in [-0.15, -0.1) is 0 Å². The lowest BCUT2D eigenvalue weighted by molar-refractivity contribution is 0.588. The van der Waals surface area contributed by atoms with Crippen molar-refractivity contribution < 1.29 is 8.42 Å². The Bertz CT molecular complexity index is 1180. The zero-order valence-electron chi connectivity index (χ0n) is 15.1. The molecule has 0 aliphatic rings. The summed E-state index contributed by atoms with van der Waals surface area (Å²) in [6, 6.07) is 10.4. The number of H-pyrrole nitrogens is 1. The molecule has 138 valence electrons. The molecule has 4 rings (SSSR count). The quantitative estimate of drug-likeness (QED) is 0.570. The standard InChI is InChI=1S/C20H20N4O2S/c1-14(2)8-15-9-18-19(16-11-22-23-12-16)13-24(20(18)21-10-15)27(25,26)17-6-4-3-5-7-17/h3-7,9-14H,8H2,1-2H3,(H,22,23). The summed E-state index contributed by atoms with van der Waals surface area (Å²) in [6.45, 7) is 4.29. The summed E-state index contributed by atoms with van der Waals surface area (Å²) in [5, 5.41) is 7.59. The fraction of sp³-hybridized carbons (Fsp3) is 0.200. The molecule has 0 aliphatic heterocycles. The molecule has 1 aromatic carbocycles. The van der Waals surface area contributed by atoms with Gasteiger partial charge in [0.1, 0.15) is 0 Å². The molecule has 0 saturated carbocycles. The number of rotatable bonds is 5. The highest BCUT2D eigenvalue weighted by Crippen LogP contribution is 2.32. The Morgan fingerprint density at radius 2 is 1.93 bits per heavy atom. The number of fused-ring (bicyclic) bond motifs is 1. The maximum Gasteiger partial charge on any atom is 0.269 e. The third-order valence-corrected chi connectivity index (χ3v) is 6.09. The molecule has 0 bridgehead atoms. The number of benzene rings is 1. The van der Waals surface area contributed by atoms with E-state index in [0.717, 1.165) is 28.5 Å². The van der Waals surface area contributed by atoms with Crippen molar-refractivity contribution >= 4 is 21.1 Å². The molecule has 0 saturated heterocycles. The predicted molar refractivity (Wildman–Crippen MR) is 105 cm³/mol. The van der Waals surface area contributed by atoms with Gasteiger partial charge < -0.3 is 0 Å². The number of nitrogens with one attached hydrogen (secondary N) is 1. The zero-order chi connectivity index (χ0) is 19.0. The minimum Gasteiger partial charge on any atom is -0.285 e. The van der Waals surface area contributed by atoms with Crippen LogP contribution in [0.5, 0.6) is 0 Å². The highest BCUT2D eigenvalue weighted by Gasteiger charge is 2.23. The van der Waals surface area contributed by atoms with E-state index in [1.807, 2.05) is 6.07 Å². The molecule has 6 nitrogen and oxygen atoms in total. The van der Waals surface area contributed by atoms with Crippen LogP contribution in [0.3, 0.4) is 0 Å². The molecule has 0 aliphatic carbocycles. The zero-order valence-corrected chi connectivity index (χ0v) is 15.9. The van der Waals surface area contributed by atoms with Gasteiger partial charge in [-0.25, -0.2) is 17.4 Å². The Morgan fingerprint density at radius 3 is 2.59 bits per heavy atom. The number of nitrogens with zero attached hydrogens (tertiary/aromatic N) is 3. The maximum absolute atomic E-state index is 13.2. The normalized spacial score (nSPS) is 12.1. The Hall–Kier alpha value is -2.93. The number of hydrogen-bond donors (Lipinski definition) is 1. The summed E-state index contributed by atoms with van der Waals surface area (Å²) in [7, 11) is -3.75. The minimum absolute atomic E-state index is 0.230. The number of aromatic nitrogens is 4. The van der Waals surface area contributed by atoms with E-state index in [0.29, 0.717) is 11.6 Å². The molecule has 7 heteroatoms. The van der Waals surface area contributed by atoms with Crippen LogP contribution in [0.15, 0.2) is 66.1 Å². The van der Waals surface area contributed by atoms with Gasteiger partial charge >= 0.3 is 0 Å². The highest BCUT2D eigenvalue weighted by molar-refractivity contribution is 7.90. The van der Waals surface area contributed by atoms with Crippen LogP contribution in [0.25, 0.3) is 22.2 Å². The van der Waals surface area contributed by atoms with Crippen LogP contribution < -0.4 is 0 Å². The second-order valence-electron chi connectivity index (χ2n) is 6.96. The molecule has 0 fully saturated rings. The fourth-order valence-electron chi connectivity index (χ4n) is 3.22.